The minimum Gasteiger partial charge on any atom is -0.378 e. The van der Waals surface area contributed by atoms with Crippen molar-refractivity contribution in [3.63, 3.8) is 0 Å². The lowest BCUT2D eigenvalue weighted by molar-refractivity contribution is -0.130. The molecule has 1 aromatic heterocycles. The molecule has 4 rings (SSSR count). The van der Waals surface area contributed by atoms with Gasteiger partial charge in [0.25, 0.3) is 5.91 Å². The predicted molar refractivity (Wildman–Crippen MR) is 118 cm³/mol. The van der Waals surface area contributed by atoms with E-state index < -0.39 is 0 Å². The van der Waals surface area contributed by atoms with Crippen molar-refractivity contribution in [2.45, 2.75) is 6.54 Å². The number of morpholine rings is 1. The third kappa shape index (κ3) is 4.65. The van der Waals surface area contributed by atoms with Gasteiger partial charge in [-0.15, -0.1) is 0 Å². The molecule has 7 nitrogen and oxygen atoms in total. The summed E-state index contributed by atoms with van der Waals surface area (Å²) < 4.78 is 7.11. The second-order valence-corrected chi connectivity index (χ2v) is 7.22. The summed E-state index contributed by atoms with van der Waals surface area (Å²) in [7, 11) is 0. The Labute approximate surface area is 180 Å². The highest BCUT2D eigenvalue weighted by molar-refractivity contribution is 6.04. The maximum Gasteiger partial charge on any atom is 0.264 e. The number of aromatic nitrogens is 1. The first kappa shape index (κ1) is 20.4. The first-order valence-electron chi connectivity index (χ1n) is 10.1. The van der Waals surface area contributed by atoms with Crippen LogP contribution >= 0.6 is 0 Å². The van der Waals surface area contributed by atoms with E-state index in [2.05, 4.69) is 5.32 Å². The van der Waals surface area contributed by atoms with Crippen molar-refractivity contribution < 1.29 is 14.3 Å². The Morgan fingerprint density at radius 2 is 1.77 bits per heavy atom. The van der Waals surface area contributed by atoms with Gasteiger partial charge >= 0.3 is 0 Å². The van der Waals surface area contributed by atoms with E-state index in [0.29, 0.717) is 26.3 Å². The van der Waals surface area contributed by atoms with Crippen molar-refractivity contribution in [3.05, 3.63) is 71.9 Å². The normalized spacial score (nSPS) is 14.3. The highest BCUT2D eigenvalue weighted by Crippen LogP contribution is 2.24. The number of nitrogens with zero attached hydrogens (tertiary/aromatic N) is 3. The molecule has 0 unspecified atom stereocenters. The zero-order chi connectivity index (χ0) is 21.6. The van der Waals surface area contributed by atoms with Crippen molar-refractivity contribution in [1.29, 1.82) is 5.26 Å². The molecule has 1 saturated heterocycles. The molecule has 2 aromatic carbocycles. The Balaban J connectivity index is 1.61. The molecule has 2 amide bonds. The van der Waals surface area contributed by atoms with E-state index >= 15 is 0 Å². The monoisotopic (exact) mass is 414 g/mol. The van der Waals surface area contributed by atoms with Crippen LogP contribution < -0.4 is 5.32 Å². The number of amides is 2. The Morgan fingerprint density at radius 3 is 2.52 bits per heavy atom. The van der Waals surface area contributed by atoms with Crippen molar-refractivity contribution in [2.75, 3.05) is 31.6 Å². The van der Waals surface area contributed by atoms with Crippen molar-refractivity contribution in [1.82, 2.24) is 9.47 Å². The van der Waals surface area contributed by atoms with E-state index in [9.17, 15) is 14.9 Å². The van der Waals surface area contributed by atoms with Crippen LogP contribution in [0.15, 0.2) is 66.4 Å². The van der Waals surface area contributed by atoms with Crippen LogP contribution in [0.5, 0.6) is 0 Å². The zero-order valence-corrected chi connectivity index (χ0v) is 17.0. The molecule has 0 aliphatic carbocycles. The summed E-state index contributed by atoms with van der Waals surface area (Å²) in [5, 5.41) is 13.4. The summed E-state index contributed by atoms with van der Waals surface area (Å²) in [5.41, 5.74) is 2.37. The average molecular weight is 414 g/mol. The lowest BCUT2D eigenvalue weighted by Gasteiger charge is -2.26. The van der Waals surface area contributed by atoms with Gasteiger partial charge in [-0.3, -0.25) is 9.59 Å². The number of carbonyl (C=O) groups excluding carboxylic acids is 2. The first-order chi connectivity index (χ1) is 15.2. The number of rotatable bonds is 5. The Morgan fingerprint density at radius 1 is 1.06 bits per heavy atom. The molecule has 0 bridgehead atoms. The van der Waals surface area contributed by atoms with Gasteiger partial charge in [0.2, 0.25) is 5.91 Å². The second-order valence-electron chi connectivity index (χ2n) is 7.22. The van der Waals surface area contributed by atoms with Crippen molar-refractivity contribution >= 4 is 34.5 Å². The molecular weight excluding hydrogens is 392 g/mol. The third-order valence-electron chi connectivity index (χ3n) is 5.14. The van der Waals surface area contributed by atoms with E-state index in [-0.39, 0.29) is 23.9 Å². The minimum absolute atomic E-state index is 0.0681. The molecule has 1 aliphatic heterocycles. The van der Waals surface area contributed by atoms with Gasteiger partial charge in [-0.25, -0.2) is 0 Å². The minimum atomic E-state index is -0.301. The molecule has 31 heavy (non-hydrogen) atoms. The first-order valence-corrected chi connectivity index (χ1v) is 10.1. The van der Waals surface area contributed by atoms with Crippen LogP contribution in [-0.2, 0) is 20.9 Å². The lowest BCUT2D eigenvalue weighted by atomic mass is 10.1. The molecular formula is C24H22N4O3. The summed E-state index contributed by atoms with van der Waals surface area (Å²) in [6, 6.07) is 18.9. The molecule has 7 heteroatoms. The molecule has 0 atom stereocenters. The van der Waals surface area contributed by atoms with Crippen LogP contribution in [0.4, 0.5) is 5.69 Å². The molecule has 0 spiro atoms. The smallest absolute Gasteiger partial charge is 0.264 e. The van der Waals surface area contributed by atoms with Crippen molar-refractivity contribution in [2.24, 2.45) is 0 Å². The quantitative estimate of drug-likeness (QED) is 0.514. The highest BCUT2D eigenvalue weighted by atomic mass is 16.5. The molecule has 0 radical (unpaired) electrons. The Bertz CT molecular complexity index is 1170. The van der Waals surface area contributed by atoms with Crippen LogP contribution in [0.1, 0.15) is 5.56 Å². The molecule has 1 aliphatic rings. The fourth-order valence-electron chi connectivity index (χ4n) is 3.63. The Hall–Kier alpha value is -3.89. The van der Waals surface area contributed by atoms with E-state index in [0.717, 1.165) is 22.2 Å². The summed E-state index contributed by atoms with van der Waals surface area (Å²) >= 11 is 0. The van der Waals surface area contributed by atoms with E-state index in [1.165, 1.54) is 0 Å². The number of hydrogen-bond acceptors (Lipinski definition) is 4. The van der Waals surface area contributed by atoms with E-state index in [4.69, 9.17) is 4.74 Å². The van der Waals surface area contributed by atoms with E-state index in [1.54, 1.807) is 17.2 Å². The van der Waals surface area contributed by atoms with Crippen molar-refractivity contribution in [3.8, 4) is 6.07 Å². The van der Waals surface area contributed by atoms with Gasteiger partial charge in [-0.05, 0) is 24.3 Å². The van der Waals surface area contributed by atoms with Gasteiger partial charge in [0, 0.05) is 41.4 Å². The van der Waals surface area contributed by atoms with Crippen LogP contribution in [-0.4, -0.2) is 47.6 Å². The SMILES string of the molecule is N#CC(=Cc1cn(CC(=O)Nc2ccccc2)c2ccccc12)C(=O)N1CCOCC1. The number of hydrogen-bond donors (Lipinski definition) is 1. The number of carbonyl (C=O) groups is 2. The lowest BCUT2D eigenvalue weighted by Crippen LogP contribution is -2.41. The summed E-state index contributed by atoms with van der Waals surface area (Å²) in [4.78, 5) is 27.0. The zero-order valence-electron chi connectivity index (χ0n) is 17.0. The molecule has 3 aromatic rings. The van der Waals surface area contributed by atoms with Crippen LogP contribution in [0.3, 0.4) is 0 Å². The standard InChI is InChI=1S/C24H22N4O3/c25-15-18(24(30)27-10-12-31-13-11-27)14-19-16-28(22-9-5-4-8-21(19)22)17-23(29)26-20-6-2-1-3-7-20/h1-9,14,16H,10-13,17H2,(H,26,29). The maximum absolute atomic E-state index is 12.8. The number of nitrogens with one attached hydrogen (secondary N) is 1. The maximum atomic E-state index is 12.8. The highest BCUT2D eigenvalue weighted by Gasteiger charge is 2.21. The van der Waals surface area contributed by atoms with Gasteiger partial charge in [-0.1, -0.05) is 36.4 Å². The number of ether oxygens (including phenoxy) is 1. The number of nitriles is 1. The van der Waals surface area contributed by atoms with Gasteiger partial charge in [0.1, 0.15) is 18.2 Å². The third-order valence-corrected chi connectivity index (χ3v) is 5.14. The topological polar surface area (TPSA) is 87.4 Å². The largest absolute Gasteiger partial charge is 0.378 e. The van der Waals surface area contributed by atoms with Crippen LogP contribution in [0.2, 0.25) is 0 Å². The molecule has 156 valence electrons. The van der Waals surface area contributed by atoms with Crippen LogP contribution in [0.25, 0.3) is 17.0 Å². The fraction of sp³-hybridized carbons (Fsp3) is 0.208. The molecule has 1 N–H and O–H groups in total. The fourth-order valence-corrected chi connectivity index (χ4v) is 3.63. The molecule has 2 heterocycles. The number of benzene rings is 2. The molecule has 0 saturated carbocycles. The van der Waals surface area contributed by atoms with Gasteiger partial charge < -0.3 is 19.5 Å². The molecule has 1 fully saturated rings. The number of para-hydroxylation sites is 2. The van der Waals surface area contributed by atoms with Crippen LogP contribution in [0, 0.1) is 11.3 Å². The summed E-state index contributed by atoms with van der Waals surface area (Å²) in [6.45, 7) is 2.00. The summed E-state index contributed by atoms with van der Waals surface area (Å²) in [6.07, 6.45) is 3.41. The predicted octanol–water partition coefficient (Wildman–Crippen LogP) is 3.05. The van der Waals surface area contributed by atoms with Gasteiger partial charge in [0.15, 0.2) is 0 Å². The van der Waals surface area contributed by atoms with E-state index in [1.807, 2.05) is 65.2 Å². The number of anilines is 1. The summed E-state index contributed by atoms with van der Waals surface area (Å²) in [5.74, 6) is -0.461. The van der Waals surface area contributed by atoms with Gasteiger partial charge in [-0.2, -0.15) is 5.26 Å². The number of fused-ring (bicyclic) bond motifs is 1. The van der Waals surface area contributed by atoms with Gasteiger partial charge in [0.05, 0.1) is 13.2 Å². The Kier molecular flexibility index (Phi) is 6.11. The average Bonchev–Trinajstić information content (AvgIpc) is 3.15. The second kappa shape index (κ2) is 9.28.